The second-order valence-electron chi connectivity index (χ2n) is 5.36. The van der Waals surface area contributed by atoms with Gasteiger partial charge in [-0.25, -0.2) is 0 Å². The second-order valence-corrected chi connectivity index (χ2v) is 5.77. The molecule has 6 heteroatoms. The van der Waals surface area contributed by atoms with Crippen molar-refractivity contribution < 1.29 is 13.2 Å². The van der Waals surface area contributed by atoms with E-state index in [1.807, 2.05) is 11.0 Å². The van der Waals surface area contributed by atoms with Crippen LogP contribution in [0.5, 0.6) is 0 Å². The van der Waals surface area contributed by atoms with Crippen molar-refractivity contribution >= 4 is 23.0 Å². The van der Waals surface area contributed by atoms with Crippen molar-refractivity contribution in [3.63, 3.8) is 0 Å². The molecule has 0 bridgehead atoms. The minimum absolute atomic E-state index is 0.553. The highest BCUT2D eigenvalue weighted by Crippen LogP contribution is 2.36. The number of nitrogens with zero attached hydrogens (tertiary/aromatic N) is 1. The van der Waals surface area contributed by atoms with Gasteiger partial charge in [-0.2, -0.15) is 13.2 Å². The van der Waals surface area contributed by atoms with Crippen LogP contribution >= 0.6 is 11.6 Å². The number of nitrogens with two attached hydrogens (primary N) is 1. The Labute approximate surface area is 131 Å². The molecule has 116 valence electrons. The van der Waals surface area contributed by atoms with Crippen LogP contribution in [0.25, 0.3) is 0 Å². The molecular formula is C16H14ClF3N2. The molecule has 2 aromatic carbocycles. The Bertz CT molecular complexity index is 713. The van der Waals surface area contributed by atoms with Crippen LogP contribution in [0.1, 0.15) is 16.7 Å². The molecule has 0 saturated carbocycles. The molecule has 0 saturated heterocycles. The molecule has 1 aliphatic heterocycles. The first-order valence-corrected chi connectivity index (χ1v) is 7.21. The van der Waals surface area contributed by atoms with Gasteiger partial charge in [0.15, 0.2) is 0 Å². The molecule has 0 aromatic heterocycles. The number of fused-ring (bicyclic) bond motifs is 1. The Morgan fingerprint density at radius 1 is 1.14 bits per heavy atom. The summed E-state index contributed by atoms with van der Waals surface area (Å²) in [7, 11) is 0. The zero-order valence-electron chi connectivity index (χ0n) is 11.6. The van der Waals surface area contributed by atoms with Crippen molar-refractivity contribution in [3.05, 3.63) is 58.1 Å². The minimum Gasteiger partial charge on any atom is -0.399 e. The molecule has 1 heterocycles. The Kier molecular flexibility index (Phi) is 3.68. The third-order valence-electron chi connectivity index (χ3n) is 3.84. The lowest BCUT2D eigenvalue weighted by Gasteiger charge is -2.20. The highest BCUT2D eigenvalue weighted by Gasteiger charge is 2.32. The zero-order valence-corrected chi connectivity index (χ0v) is 12.4. The average molecular weight is 327 g/mol. The van der Waals surface area contributed by atoms with Gasteiger partial charge in [-0.1, -0.05) is 17.7 Å². The number of anilines is 2. The number of hydrogen-bond donors (Lipinski definition) is 1. The fraction of sp³-hybridized carbons (Fsp3) is 0.250. The Hall–Kier alpha value is -1.88. The van der Waals surface area contributed by atoms with E-state index in [0.29, 0.717) is 30.2 Å². The number of rotatable bonds is 2. The van der Waals surface area contributed by atoms with Gasteiger partial charge in [-0.3, -0.25) is 0 Å². The quantitative estimate of drug-likeness (QED) is 0.823. The van der Waals surface area contributed by atoms with Crippen LogP contribution in [0.4, 0.5) is 24.5 Å². The summed E-state index contributed by atoms with van der Waals surface area (Å²) in [6.45, 7) is 1.23. The average Bonchev–Trinajstić information content (AvgIpc) is 2.83. The predicted octanol–water partition coefficient (Wildman–Crippen LogP) is 4.50. The lowest BCUT2D eigenvalue weighted by atomic mass is 10.1. The number of hydrogen-bond acceptors (Lipinski definition) is 2. The zero-order chi connectivity index (χ0) is 15.9. The molecule has 3 rings (SSSR count). The number of halogens is 4. The van der Waals surface area contributed by atoms with Crippen LogP contribution in [0.3, 0.4) is 0 Å². The van der Waals surface area contributed by atoms with Gasteiger partial charge in [0.05, 0.1) is 5.56 Å². The Balaban J connectivity index is 1.85. The maximum Gasteiger partial charge on any atom is 0.416 e. The number of benzene rings is 2. The van der Waals surface area contributed by atoms with Crippen LogP contribution in [0.15, 0.2) is 36.4 Å². The molecule has 0 amide bonds. The van der Waals surface area contributed by atoms with Crippen LogP contribution in [-0.4, -0.2) is 6.54 Å². The van der Waals surface area contributed by atoms with Gasteiger partial charge in [-0.15, -0.1) is 0 Å². The SMILES string of the molecule is Nc1ccc(CN2CCc3cc(C(F)(F)F)ccc32)c(Cl)c1. The smallest absolute Gasteiger partial charge is 0.399 e. The van der Waals surface area contributed by atoms with Crippen LogP contribution in [0.2, 0.25) is 5.02 Å². The standard InChI is InChI=1S/C16H14ClF3N2/c17-14-8-13(21)3-1-11(14)9-22-6-5-10-7-12(16(18,19)20)2-4-15(10)22/h1-4,7-8H,5-6,9,21H2. The van der Waals surface area contributed by atoms with E-state index in [1.165, 1.54) is 12.1 Å². The van der Waals surface area contributed by atoms with Crippen LogP contribution < -0.4 is 10.6 Å². The molecule has 0 spiro atoms. The van der Waals surface area contributed by atoms with Gasteiger partial charge in [0.25, 0.3) is 0 Å². The lowest BCUT2D eigenvalue weighted by Crippen LogP contribution is -2.20. The first-order valence-electron chi connectivity index (χ1n) is 6.83. The molecule has 0 unspecified atom stereocenters. The van der Waals surface area contributed by atoms with Crippen molar-refractivity contribution in [2.75, 3.05) is 17.2 Å². The summed E-state index contributed by atoms with van der Waals surface area (Å²) in [4.78, 5) is 2.03. The molecule has 2 nitrogen and oxygen atoms in total. The molecule has 2 aromatic rings. The predicted molar refractivity (Wildman–Crippen MR) is 82.1 cm³/mol. The van der Waals surface area contributed by atoms with Crippen molar-refractivity contribution in [3.8, 4) is 0 Å². The molecule has 22 heavy (non-hydrogen) atoms. The van der Waals surface area contributed by atoms with Gasteiger partial charge in [0, 0.05) is 29.5 Å². The fourth-order valence-electron chi connectivity index (χ4n) is 2.71. The second kappa shape index (κ2) is 5.39. The van der Waals surface area contributed by atoms with Crippen molar-refractivity contribution in [1.82, 2.24) is 0 Å². The summed E-state index contributed by atoms with van der Waals surface area (Å²) in [6, 6.07) is 9.20. The highest BCUT2D eigenvalue weighted by molar-refractivity contribution is 6.31. The maximum atomic E-state index is 12.7. The van der Waals surface area contributed by atoms with Gasteiger partial charge in [0.2, 0.25) is 0 Å². The van der Waals surface area contributed by atoms with Gasteiger partial charge in [0.1, 0.15) is 0 Å². The third kappa shape index (κ3) is 2.86. The fourth-order valence-corrected chi connectivity index (χ4v) is 2.96. The molecule has 0 aliphatic carbocycles. The number of nitrogen functional groups attached to an aromatic ring is 1. The van der Waals surface area contributed by atoms with E-state index in [9.17, 15) is 13.2 Å². The van der Waals surface area contributed by atoms with Crippen molar-refractivity contribution in [2.45, 2.75) is 19.1 Å². The summed E-state index contributed by atoms with van der Waals surface area (Å²) in [5, 5.41) is 0.570. The molecule has 0 fully saturated rings. The molecule has 1 aliphatic rings. The largest absolute Gasteiger partial charge is 0.416 e. The first kappa shape index (κ1) is 15.0. The maximum absolute atomic E-state index is 12.7. The molecular weight excluding hydrogens is 313 g/mol. The van der Waals surface area contributed by atoms with E-state index < -0.39 is 11.7 Å². The molecule has 2 N–H and O–H groups in total. The Morgan fingerprint density at radius 3 is 2.59 bits per heavy atom. The molecule has 0 atom stereocenters. The van der Waals surface area contributed by atoms with Gasteiger partial charge in [-0.05, 0) is 47.9 Å². The monoisotopic (exact) mass is 326 g/mol. The first-order chi connectivity index (χ1) is 10.3. The summed E-state index contributed by atoms with van der Waals surface area (Å²) in [6.07, 6.45) is -3.70. The topological polar surface area (TPSA) is 29.3 Å². The van der Waals surface area contributed by atoms with E-state index >= 15 is 0 Å². The van der Waals surface area contributed by atoms with E-state index in [-0.39, 0.29) is 0 Å². The highest BCUT2D eigenvalue weighted by atomic mass is 35.5. The van der Waals surface area contributed by atoms with Crippen molar-refractivity contribution in [2.24, 2.45) is 0 Å². The third-order valence-corrected chi connectivity index (χ3v) is 4.19. The summed E-state index contributed by atoms with van der Waals surface area (Å²) in [5.41, 5.74) is 8.12. The molecule has 0 radical (unpaired) electrons. The Morgan fingerprint density at radius 2 is 1.91 bits per heavy atom. The van der Waals surface area contributed by atoms with Crippen LogP contribution in [-0.2, 0) is 19.1 Å². The number of alkyl halides is 3. The van der Waals surface area contributed by atoms with Crippen molar-refractivity contribution in [1.29, 1.82) is 0 Å². The lowest BCUT2D eigenvalue weighted by molar-refractivity contribution is -0.137. The normalized spacial score (nSPS) is 14.3. The van der Waals surface area contributed by atoms with Crippen LogP contribution in [0, 0.1) is 0 Å². The van der Waals surface area contributed by atoms with E-state index in [0.717, 1.165) is 22.9 Å². The van der Waals surface area contributed by atoms with E-state index in [1.54, 1.807) is 12.1 Å². The summed E-state index contributed by atoms with van der Waals surface area (Å²) < 4.78 is 38.2. The minimum atomic E-state index is -4.30. The van der Waals surface area contributed by atoms with Gasteiger partial charge < -0.3 is 10.6 Å². The van der Waals surface area contributed by atoms with E-state index in [4.69, 9.17) is 17.3 Å². The van der Waals surface area contributed by atoms with E-state index in [2.05, 4.69) is 0 Å². The summed E-state index contributed by atoms with van der Waals surface area (Å²) in [5.74, 6) is 0. The summed E-state index contributed by atoms with van der Waals surface area (Å²) >= 11 is 6.16. The van der Waals surface area contributed by atoms with Gasteiger partial charge >= 0.3 is 6.18 Å².